The van der Waals surface area contributed by atoms with E-state index >= 15 is 0 Å². The minimum absolute atomic E-state index is 0.000924. The highest BCUT2D eigenvalue weighted by molar-refractivity contribution is 8.13. The van der Waals surface area contributed by atoms with E-state index in [4.69, 9.17) is 10.7 Å². The van der Waals surface area contributed by atoms with Crippen LogP contribution in [0.15, 0.2) is 29.2 Å². The summed E-state index contributed by atoms with van der Waals surface area (Å²) in [5.74, 6) is 0.429. The summed E-state index contributed by atoms with van der Waals surface area (Å²) in [5.41, 5.74) is 0.450. The van der Waals surface area contributed by atoms with Crippen LogP contribution >= 0.6 is 10.7 Å². The average molecular weight is 302 g/mol. The largest absolute Gasteiger partial charge is 0.349 e. The topological polar surface area (TPSA) is 63.2 Å². The highest BCUT2D eigenvalue weighted by atomic mass is 35.7. The van der Waals surface area contributed by atoms with E-state index in [1.165, 1.54) is 24.3 Å². The Hall–Kier alpha value is -1.07. The zero-order chi connectivity index (χ0) is 14.0. The molecule has 104 valence electrons. The lowest BCUT2D eigenvalue weighted by molar-refractivity contribution is 0.0948. The van der Waals surface area contributed by atoms with E-state index in [1.54, 1.807) is 0 Å². The first-order valence-corrected chi connectivity index (χ1v) is 8.58. The van der Waals surface area contributed by atoms with Crippen LogP contribution in [0.25, 0.3) is 0 Å². The van der Waals surface area contributed by atoms with Crippen molar-refractivity contribution < 1.29 is 13.2 Å². The summed E-state index contributed by atoms with van der Waals surface area (Å²) in [6.45, 7) is 2.13. The van der Waals surface area contributed by atoms with Gasteiger partial charge >= 0.3 is 0 Å². The minimum atomic E-state index is -3.73. The van der Waals surface area contributed by atoms with Gasteiger partial charge in [-0.2, -0.15) is 0 Å². The summed E-state index contributed by atoms with van der Waals surface area (Å²) in [5, 5.41) is 2.94. The molecule has 1 aromatic rings. The molecule has 1 aliphatic carbocycles. The lowest BCUT2D eigenvalue weighted by Crippen LogP contribution is -2.26. The molecular weight excluding hydrogens is 286 g/mol. The van der Waals surface area contributed by atoms with Gasteiger partial charge in [0.25, 0.3) is 15.0 Å². The molecule has 0 saturated heterocycles. The van der Waals surface area contributed by atoms with Crippen molar-refractivity contribution in [2.24, 2.45) is 5.92 Å². The van der Waals surface area contributed by atoms with Crippen LogP contribution in [0.4, 0.5) is 0 Å². The van der Waals surface area contributed by atoms with Gasteiger partial charge in [0.1, 0.15) is 0 Å². The number of hydrogen-bond acceptors (Lipinski definition) is 3. The van der Waals surface area contributed by atoms with E-state index in [2.05, 4.69) is 12.2 Å². The van der Waals surface area contributed by atoms with Crippen LogP contribution in [-0.2, 0) is 9.05 Å². The molecule has 1 N–H and O–H groups in total. The molecule has 0 spiro atoms. The molecular formula is C13H16ClNO3S. The Labute approximate surface area is 117 Å². The second-order valence-electron chi connectivity index (χ2n) is 4.83. The average Bonchev–Trinajstić information content (AvgIpc) is 3.07. The summed E-state index contributed by atoms with van der Waals surface area (Å²) in [6, 6.07) is 5.90. The third-order valence-electron chi connectivity index (χ3n) is 3.30. The molecule has 2 rings (SSSR count). The second-order valence-corrected chi connectivity index (χ2v) is 7.39. The van der Waals surface area contributed by atoms with E-state index in [0.29, 0.717) is 11.5 Å². The number of hydrogen-bond donors (Lipinski definition) is 1. The monoisotopic (exact) mass is 301 g/mol. The Kier molecular flexibility index (Phi) is 4.16. The van der Waals surface area contributed by atoms with Crippen molar-refractivity contribution in [3.63, 3.8) is 0 Å². The predicted octanol–water partition coefficient (Wildman–Crippen LogP) is 2.53. The number of benzene rings is 1. The van der Waals surface area contributed by atoms with Crippen LogP contribution in [0.2, 0.25) is 0 Å². The SMILES string of the molecule is CCCC1CC1NC(=O)c1ccc(S(=O)(=O)Cl)cc1. The van der Waals surface area contributed by atoms with Crippen LogP contribution < -0.4 is 5.32 Å². The zero-order valence-electron chi connectivity index (χ0n) is 10.6. The van der Waals surface area contributed by atoms with Gasteiger partial charge in [-0.05, 0) is 43.0 Å². The van der Waals surface area contributed by atoms with Crippen molar-refractivity contribution in [1.29, 1.82) is 0 Å². The zero-order valence-corrected chi connectivity index (χ0v) is 12.2. The molecule has 1 amide bonds. The normalized spacial score (nSPS) is 22.0. The summed E-state index contributed by atoms with van der Waals surface area (Å²) in [7, 11) is 1.48. The van der Waals surface area contributed by atoms with Crippen molar-refractivity contribution in [1.82, 2.24) is 5.32 Å². The summed E-state index contributed by atoms with van der Waals surface area (Å²) >= 11 is 0. The van der Waals surface area contributed by atoms with Crippen LogP contribution in [0.1, 0.15) is 36.5 Å². The molecule has 19 heavy (non-hydrogen) atoms. The van der Waals surface area contributed by atoms with Crippen LogP contribution in [-0.4, -0.2) is 20.4 Å². The van der Waals surface area contributed by atoms with Gasteiger partial charge in [0.2, 0.25) is 0 Å². The predicted molar refractivity (Wildman–Crippen MR) is 73.8 cm³/mol. The maximum atomic E-state index is 11.9. The van der Waals surface area contributed by atoms with Gasteiger partial charge in [0.05, 0.1) is 4.90 Å². The van der Waals surface area contributed by atoms with Gasteiger partial charge in [-0.15, -0.1) is 0 Å². The Bertz CT molecular complexity index is 568. The number of carbonyl (C=O) groups is 1. The lowest BCUT2D eigenvalue weighted by Gasteiger charge is -2.05. The van der Waals surface area contributed by atoms with E-state index in [1.807, 2.05) is 0 Å². The summed E-state index contributed by atoms with van der Waals surface area (Å²) in [6.07, 6.45) is 3.29. The van der Waals surface area contributed by atoms with Crippen molar-refractivity contribution >= 4 is 25.6 Å². The van der Waals surface area contributed by atoms with Gasteiger partial charge in [-0.3, -0.25) is 4.79 Å². The molecule has 0 radical (unpaired) electrons. The van der Waals surface area contributed by atoms with Crippen molar-refractivity contribution in [3.05, 3.63) is 29.8 Å². The highest BCUT2D eigenvalue weighted by Crippen LogP contribution is 2.34. The number of halogens is 1. The molecule has 4 nitrogen and oxygen atoms in total. The van der Waals surface area contributed by atoms with Crippen molar-refractivity contribution in [3.8, 4) is 0 Å². The van der Waals surface area contributed by atoms with E-state index in [0.717, 1.165) is 19.3 Å². The van der Waals surface area contributed by atoms with Gasteiger partial charge in [-0.1, -0.05) is 13.3 Å². The van der Waals surface area contributed by atoms with Crippen molar-refractivity contribution in [2.45, 2.75) is 37.1 Å². The molecule has 2 unspecified atom stereocenters. The number of rotatable bonds is 5. The molecule has 0 aromatic heterocycles. The Balaban J connectivity index is 1.97. The van der Waals surface area contributed by atoms with Crippen LogP contribution in [0.3, 0.4) is 0 Å². The molecule has 6 heteroatoms. The van der Waals surface area contributed by atoms with E-state index in [9.17, 15) is 13.2 Å². The number of carbonyl (C=O) groups excluding carboxylic acids is 1. The molecule has 1 aromatic carbocycles. The molecule has 2 atom stereocenters. The van der Waals surface area contributed by atoms with E-state index in [-0.39, 0.29) is 16.8 Å². The molecule has 1 aliphatic rings. The number of nitrogens with one attached hydrogen (secondary N) is 1. The van der Waals surface area contributed by atoms with Gasteiger partial charge < -0.3 is 5.32 Å². The third-order valence-corrected chi connectivity index (χ3v) is 4.67. The molecule has 1 saturated carbocycles. The maximum absolute atomic E-state index is 11.9. The molecule has 0 aliphatic heterocycles. The van der Waals surface area contributed by atoms with E-state index < -0.39 is 9.05 Å². The maximum Gasteiger partial charge on any atom is 0.261 e. The minimum Gasteiger partial charge on any atom is -0.349 e. The molecule has 0 bridgehead atoms. The first kappa shape index (κ1) is 14.3. The van der Waals surface area contributed by atoms with Gasteiger partial charge in [-0.25, -0.2) is 8.42 Å². The fraction of sp³-hybridized carbons (Fsp3) is 0.462. The molecule has 1 fully saturated rings. The van der Waals surface area contributed by atoms with Gasteiger partial charge in [0, 0.05) is 22.3 Å². The van der Waals surface area contributed by atoms with Crippen LogP contribution in [0.5, 0.6) is 0 Å². The Morgan fingerprint density at radius 3 is 2.53 bits per heavy atom. The standard InChI is InChI=1S/C13H16ClNO3S/c1-2-3-10-8-12(10)15-13(16)9-4-6-11(7-5-9)19(14,17)18/h4-7,10,12H,2-3,8H2,1H3,(H,15,16). The summed E-state index contributed by atoms with van der Waals surface area (Å²) in [4.78, 5) is 11.9. The smallest absolute Gasteiger partial charge is 0.261 e. The second kappa shape index (κ2) is 5.51. The van der Waals surface area contributed by atoms with Crippen LogP contribution in [0, 0.1) is 5.92 Å². The van der Waals surface area contributed by atoms with Gasteiger partial charge in [0.15, 0.2) is 0 Å². The first-order chi connectivity index (χ1) is 8.91. The Morgan fingerprint density at radius 2 is 2.00 bits per heavy atom. The fourth-order valence-corrected chi connectivity index (χ4v) is 2.90. The number of amides is 1. The highest BCUT2D eigenvalue weighted by Gasteiger charge is 2.37. The third kappa shape index (κ3) is 3.70. The first-order valence-electron chi connectivity index (χ1n) is 6.27. The fourth-order valence-electron chi connectivity index (χ4n) is 2.13. The Morgan fingerprint density at radius 1 is 1.37 bits per heavy atom. The summed E-state index contributed by atoms with van der Waals surface area (Å²) < 4.78 is 22.2. The van der Waals surface area contributed by atoms with Crippen molar-refractivity contribution in [2.75, 3.05) is 0 Å². The molecule has 0 heterocycles. The quantitative estimate of drug-likeness (QED) is 0.850. The lowest BCUT2D eigenvalue weighted by atomic mass is 10.2.